The maximum absolute atomic E-state index is 6.46. The van der Waals surface area contributed by atoms with Gasteiger partial charge in [0.15, 0.2) is 0 Å². The van der Waals surface area contributed by atoms with Crippen LogP contribution in [0.1, 0.15) is 0 Å². The number of ether oxygens (including phenoxy) is 1. The molecule has 2 aromatic rings. The summed E-state index contributed by atoms with van der Waals surface area (Å²) in [6.45, 7) is 1.66. The monoisotopic (exact) mass is 403 g/mol. The first-order valence-electron chi connectivity index (χ1n) is 9.31. The molecule has 0 amide bonds. The number of pyridine rings is 1. The number of nitrogens with zero attached hydrogens (tertiary/aromatic N) is 4. The van der Waals surface area contributed by atoms with E-state index in [1.165, 1.54) is 0 Å². The highest BCUT2D eigenvalue weighted by Crippen LogP contribution is 2.39. The molecule has 0 fully saturated rings. The fraction of sp³-hybridized carbons (Fsp3) is 0.136. The summed E-state index contributed by atoms with van der Waals surface area (Å²) in [6, 6.07) is 17.5. The first kappa shape index (κ1) is 17.7. The SMILES string of the molecule is COc1cccc(N=c2ncc3cc(-c4ccccc4Cl)c4n(c-3n2)CCN4)c1. The third-order valence-corrected chi connectivity index (χ3v) is 5.27. The molecule has 29 heavy (non-hydrogen) atoms. The second kappa shape index (κ2) is 7.22. The Bertz CT molecular complexity index is 1250. The van der Waals surface area contributed by atoms with E-state index in [0.29, 0.717) is 10.6 Å². The number of hydrogen-bond acceptors (Lipinski definition) is 5. The van der Waals surface area contributed by atoms with Crippen molar-refractivity contribution in [1.29, 1.82) is 0 Å². The minimum atomic E-state index is 0.415. The molecule has 144 valence electrons. The van der Waals surface area contributed by atoms with Crippen LogP contribution in [-0.4, -0.2) is 28.2 Å². The molecule has 2 aromatic carbocycles. The Morgan fingerprint density at radius 3 is 2.86 bits per heavy atom. The summed E-state index contributed by atoms with van der Waals surface area (Å²) in [5.41, 5.74) is 4.13. The first-order valence-corrected chi connectivity index (χ1v) is 9.69. The van der Waals surface area contributed by atoms with Gasteiger partial charge in [-0.3, -0.25) is 0 Å². The van der Waals surface area contributed by atoms with Gasteiger partial charge in [0.05, 0.1) is 12.8 Å². The number of hydrogen-bond donors (Lipinski definition) is 1. The van der Waals surface area contributed by atoms with Crippen LogP contribution in [0.2, 0.25) is 5.02 Å². The summed E-state index contributed by atoms with van der Waals surface area (Å²) in [5.74, 6) is 2.60. The number of benzene rings is 2. The maximum atomic E-state index is 6.46. The van der Waals surface area contributed by atoms with E-state index in [-0.39, 0.29) is 0 Å². The molecule has 5 rings (SSSR count). The molecule has 0 saturated heterocycles. The number of fused-ring (bicyclic) bond motifs is 3. The van der Waals surface area contributed by atoms with Crippen LogP contribution in [0.25, 0.3) is 22.5 Å². The van der Waals surface area contributed by atoms with Crippen LogP contribution >= 0.6 is 11.6 Å². The van der Waals surface area contributed by atoms with Crippen molar-refractivity contribution in [1.82, 2.24) is 14.5 Å². The zero-order chi connectivity index (χ0) is 19.8. The van der Waals surface area contributed by atoms with E-state index in [9.17, 15) is 0 Å². The molecule has 7 heteroatoms. The summed E-state index contributed by atoms with van der Waals surface area (Å²) in [5, 5.41) is 4.18. The summed E-state index contributed by atoms with van der Waals surface area (Å²) in [4.78, 5) is 13.7. The Kier molecular flexibility index (Phi) is 4.41. The summed E-state index contributed by atoms with van der Waals surface area (Å²) < 4.78 is 7.43. The molecule has 0 atom stereocenters. The molecule has 1 N–H and O–H groups in total. The third-order valence-electron chi connectivity index (χ3n) is 4.94. The van der Waals surface area contributed by atoms with Gasteiger partial charge in [0.2, 0.25) is 0 Å². The highest BCUT2D eigenvalue weighted by molar-refractivity contribution is 6.33. The van der Waals surface area contributed by atoms with Crippen molar-refractivity contribution in [3.05, 3.63) is 71.4 Å². The predicted molar refractivity (Wildman–Crippen MR) is 114 cm³/mol. The number of nitrogens with one attached hydrogen (secondary N) is 1. The van der Waals surface area contributed by atoms with Crippen molar-refractivity contribution in [2.24, 2.45) is 4.99 Å². The average Bonchev–Trinajstić information content (AvgIpc) is 3.24. The fourth-order valence-corrected chi connectivity index (χ4v) is 3.83. The second-order valence-electron chi connectivity index (χ2n) is 6.73. The highest BCUT2D eigenvalue weighted by Gasteiger charge is 2.22. The Balaban J connectivity index is 1.68. The lowest BCUT2D eigenvalue weighted by molar-refractivity contribution is 0.415. The van der Waals surface area contributed by atoms with E-state index in [4.69, 9.17) is 21.3 Å². The van der Waals surface area contributed by atoms with E-state index in [1.807, 2.05) is 54.7 Å². The minimum absolute atomic E-state index is 0.415. The van der Waals surface area contributed by atoms with Gasteiger partial charge in [-0.2, -0.15) is 4.98 Å². The second-order valence-corrected chi connectivity index (χ2v) is 7.13. The van der Waals surface area contributed by atoms with Crippen molar-refractivity contribution in [3.8, 4) is 28.3 Å². The van der Waals surface area contributed by atoms with Crippen molar-refractivity contribution in [2.45, 2.75) is 6.54 Å². The summed E-state index contributed by atoms with van der Waals surface area (Å²) in [6.07, 6.45) is 1.81. The third kappa shape index (κ3) is 3.21. The van der Waals surface area contributed by atoms with Crippen LogP contribution in [0.15, 0.2) is 65.8 Å². The molecular formula is C22H18ClN5O. The Labute approximate surface area is 172 Å². The number of methoxy groups -OCH3 is 1. The van der Waals surface area contributed by atoms with Gasteiger partial charge in [-0.15, -0.1) is 0 Å². The number of anilines is 1. The molecule has 6 nitrogen and oxygen atoms in total. The predicted octanol–water partition coefficient (Wildman–Crippen LogP) is 4.37. The zero-order valence-electron chi connectivity index (χ0n) is 15.8. The van der Waals surface area contributed by atoms with Crippen LogP contribution in [0.3, 0.4) is 0 Å². The maximum Gasteiger partial charge on any atom is 0.251 e. The molecule has 0 aromatic heterocycles. The number of rotatable bonds is 3. The quantitative estimate of drug-likeness (QED) is 0.551. The normalized spacial score (nSPS) is 13.4. The topological polar surface area (TPSA) is 64.3 Å². The Hall–Kier alpha value is -3.38. The fourth-order valence-electron chi connectivity index (χ4n) is 3.60. The van der Waals surface area contributed by atoms with Gasteiger partial charge >= 0.3 is 0 Å². The number of aromatic nitrogens is 3. The van der Waals surface area contributed by atoms with Gasteiger partial charge in [0.25, 0.3) is 5.62 Å². The molecule has 0 saturated carbocycles. The van der Waals surface area contributed by atoms with Gasteiger partial charge in [-0.1, -0.05) is 35.9 Å². The standard InChI is InChI=1S/C22H18ClN5O/c1-29-16-6-4-5-15(12-16)26-22-25-13-14-11-18(17-7-2-3-8-19(17)23)21-24-9-10-28(21)20(14)27-22/h2-8,11-13,24H,9-10H2,1H3. The van der Waals surface area contributed by atoms with Gasteiger partial charge < -0.3 is 14.6 Å². The Morgan fingerprint density at radius 2 is 2.00 bits per heavy atom. The molecule has 0 spiro atoms. The van der Waals surface area contributed by atoms with E-state index in [1.54, 1.807) is 7.11 Å². The van der Waals surface area contributed by atoms with Gasteiger partial charge in [0.1, 0.15) is 17.4 Å². The van der Waals surface area contributed by atoms with Crippen LogP contribution in [0, 0.1) is 0 Å². The van der Waals surface area contributed by atoms with Crippen LogP contribution in [-0.2, 0) is 6.54 Å². The molecule has 3 aliphatic rings. The smallest absolute Gasteiger partial charge is 0.251 e. The molecule has 0 aliphatic carbocycles. The van der Waals surface area contributed by atoms with Gasteiger partial charge in [0, 0.05) is 47.1 Å². The molecule has 3 heterocycles. The zero-order valence-corrected chi connectivity index (χ0v) is 16.5. The highest BCUT2D eigenvalue weighted by atomic mass is 35.5. The molecule has 0 unspecified atom stereocenters. The van der Waals surface area contributed by atoms with Crippen molar-refractivity contribution in [3.63, 3.8) is 0 Å². The van der Waals surface area contributed by atoms with Crippen LogP contribution < -0.4 is 15.7 Å². The molecule has 3 aliphatic heterocycles. The van der Waals surface area contributed by atoms with Crippen LogP contribution in [0.5, 0.6) is 5.75 Å². The molecule has 0 bridgehead atoms. The van der Waals surface area contributed by atoms with Gasteiger partial charge in [-0.25, -0.2) is 9.98 Å². The van der Waals surface area contributed by atoms with Crippen molar-refractivity contribution in [2.75, 3.05) is 19.0 Å². The first-order chi connectivity index (χ1) is 14.2. The van der Waals surface area contributed by atoms with E-state index < -0.39 is 0 Å². The molecule has 0 radical (unpaired) electrons. The largest absolute Gasteiger partial charge is 0.497 e. The summed E-state index contributed by atoms with van der Waals surface area (Å²) >= 11 is 6.46. The lowest BCUT2D eigenvalue weighted by atomic mass is 10.0. The van der Waals surface area contributed by atoms with E-state index in [2.05, 4.69) is 25.9 Å². The number of halogens is 1. The van der Waals surface area contributed by atoms with Crippen molar-refractivity contribution >= 4 is 23.1 Å². The van der Waals surface area contributed by atoms with Crippen LogP contribution in [0.4, 0.5) is 11.5 Å². The minimum Gasteiger partial charge on any atom is -0.497 e. The molecular weight excluding hydrogens is 386 g/mol. The van der Waals surface area contributed by atoms with E-state index >= 15 is 0 Å². The van der Waals surface area contributed by atoms with Gasteiger partial charge in [-0.05, 0) is 24.3 Å². The Morgan fingerprint density at radius 1 is 1.10 bits per heavy atom. The average molecular weight is 404 g/mol. The van der Waals surface area contributed by atoms with E-state index in [0.717, 1.165) is 52.9 Å². The van der Waals surface area contributed by atoms with Crippen molar-refractivity contribution < 1.29 is 4.74 Å². The summed E-state index contributed by atoms with van der Waals surface area (Å²) in [7, 11) is 1.63. The lowest BCUT2D eigenvalue weighted by Gasteiger charge is -2.17. The lowest BCUT2D eigenvalue weighted by Crippen LogP contribution is -2.17.